The molecule has 1 N–H and O–H groups in total. The van der Waals surface area contributed by atoms with Gasteiger partial charge in [-0.1, -0.05) is 65.6 Å². The van der Waals surface area contributed by atoms with Gasteiger partial charge in [0.25, 0.3) is 0 Å². The Morgan fingerprint density at radius 3 is 2.83 bits per heavy atom. The van der Waals surface area contributed by atoms with Gasteiger partial charge in [0.1, 0.15) is 0 Å². The summed E-state index contributed by atoms with van der Waals surface area (Å²) in [5, 5.41) is 5.84. The molecule has 0 spiro atoms. The maximum atomic E-state index is 6.80. The van der Waals surface area contributed by atoms with Gasteiger partial charge in [0.05, 0.1) is 16.8 Å². The fourth-order valence-electron chi connectivity index (χ4n) is 4.65. The Morgan fingerprint density at radius 1 is 1.21 bits per heavy atom. The molecule has 2 aliphatic heterocycles. The molecule has 0 unspecified atom stereocenters. The van der Waals surface area contributed by atoms with Crippen LogP contribution in [0.1, 0.15) is 31.1 Å². The number of fused-ring (bicyclic) bond motifs is 6. The van der Waals surface area contributed by atoms with E-state index < -0.39 is 0 Å². The first-order valence-electron chi connectivity index (χ1n) is 8.31. The van der Waals surface area contributed by atoms with Crippen molar-refractivity contribution in [3.05, 3.63) is 63.2 Å². The van der Waals surface area contributed by atoms with Crippen molar-refractivity contribution < 1.29 is 0 Å². The maximum absolute atomic E-state index is 6.80. The number of anilines is 1. The molecule has 0 amide bonds. The van der Waals surface area contributed by atoms with Gasteiger partial charge in [0, 0.05) is 33.5 Å². The van der Waals surface area contributed by atoms with Crippen LogP contribution in [0, 0.1) is 5.92 Å². The molecule has 122 valence electrons. The Balaban J connectivity index is 1.74. The molecule has 2 atom stereocenters. The van der Waals surface area contributed by atoms with Gasteiger partial charge >= 0.3 is 0 Å². The Bertz CT molecular complexity index is 989. The Labute approximate surface area is 154 Å². The minimum Gasteiger partial charge on any atom is -0.376 e. The topological polar surface area (TPSA) is 17.0 Å². The third kappa shape index (κ3) is 1.77. The van der Waals surface area contributed by atoms with Gasteiger partial charge in [-0.25, -0.2) is 0 Å². The van der Waals surface area contributed by atoms with Gasteiger partial charge in [-0.05, 0) is 29.2 Å². The van der Waals surface area contributed by atoms with E-state index in [1.807, 2.05) is 0 Å². The molecule has 2 aliphatic rings. The summed E-state index contributed by atoms with van der Waals surface area (Å²) in [6.45, 7) is 5.73. The van der Waals surface area contributed by atoms with Crippen molar-refractivity contribution in [3.63, 3.8) is 0 Å². The van der Waals surface area contributed by atoms with Crippen LogP contribution in [0.3, 0.4) is 0 Å². The van der Waals surface area contributed by atoms with Gasteiger partial charge in [-0.2, -0.15) is 0 Å². The van der Waals surface area contributed by atoms with Crippen molar-refractivity contribution in [2.24, 2.45) is 5.92 Å². The van der Waals surface area contributed by atoms with Crippen LogP contribution in [0.15, 0.2) is 46.9 Å². The van der Waals surface area contributed by atoms with E-state index >= 15 is 0 Å². The first-order valence-corrected chi connectivity index (χ1v) is 9.49. The smallest absolute Gasteiger partial charge is 0.0734 e. The van der Waals surface area contributed by atoms with Gasteiger partial charge in [-0.3, -0.25) is 0 Å². The van der Waals surface area contributed by atoms with E-state index in [0.717, 1.165) is 21.4 Å². The van der Waals surface area contributed by atoms with Crippen LogP contribution in [-0.2, 0) is 12.0 Å². The number of para-hydroxylation sites is 1. The third-order valence-corrected chi connectivity index (χ3v) is 6.83. The van der Waals surface area contributed by atoms with Gasteiger partial charge in [0.2, 0.25) is 0 Å². The molecule has 0 radical (unpaired) electrons. The zero-order valence-electron chi connectivity index (χ0n) is 13.6. The lowest BCUT2D eigenvalue weighted by Crippen LogP contribution is -2.39. The SMILES string of the molecule is CC1(C)c2ccc(Br)cc2N[C@H]2c3c(Cl)c4ccccc4n3C[C@H]21. The molecule has 0 bridgehead atoms. The number of nitrogens with one attached hydrogen (secondary N) is 1. The standard InChI is InChI=1S/C20H18BrClN2/c1-20(2)13-8-7-11(21)9-15(13)23-18-14(20)10-24-16-6-4-3-5-12(16)17(22)19(18)24/h3-9,14,18,23H,10H2,1-2H3/t14-,18-/m1/s1. The van der Waals surface area contributed by atoms with Gasteiger partial charge in [0.15, 0.2) is 0 Å². The zero-order chi connectivity index (χ0) is 16.6. The highest BCUT2D eigenvalue weighted by Crippen LogP contribution is 2.55. The molecule has 0 saturated carbocycles. The van der Waals surface area contributed by atoms with Crippen molar-refractivity contribution in [3.8, 4) is 0 Å². The van der Waals surface area contributed by atoms with Crippen LogP contribution in [0.4, 0.5) is 5.69 Å². The molecule has 4 heteroatoms. The highest BCUT2D eigenvalue weighted by atomic mass is 79.9. The molecule has 0 aliphatic carbocycles. The number of hydrogen-bond donors (Lipinski definition) is 1. The lowest BCUT2D eigenvalue weighted by Gasteiger charge is -2.43. The zero-order valence-corrected chi connectivity index (χ0v) is 15.9. The number of halogens is 2. The predicted molar refractivity (Wildman–Crippen MR) is 104 cm³/mol. The van der Waals surface area contributed by atoms with Crippen LogP contribution in [-0.4, -0.2) is 4.57 Å². The molecule has 3 heterocycles. The summed E-state index contributed by atoms with van der Waals surface area (Å²) in [4.78, 5) is 0. The summed E-state index contributed by atoms with van der Waals surface area (Å²) in [6, 6.07) is 15.3. The Hall–Kier alpha value is -1.45. The van der Waals surface area contributed by atoms with Gasteiger partial charge in [-0.15, -0.1) is 0 Å². The van der Waals surface area contributed by atoms with Crippen molar-refractivity contribution in [2.75, 3.05) is 5.32 Å². The largest absolute Gasteiger partial charge is 0.376 e. The number of nitrogens with zero attached hydrogens (tertiary/aromatic N) is 1. The summed E-state index contributed by atoms with van der Waals surface area (Å²) < 4.78 is 3.52. The molecular weight excluding hydrogens is 384 g/mol. The number of aromatic nitrogens is 1. The first kappa shape index (κ1) is 14.9. The number of rotatable bonds is 0. The van der Waals surface area contributed by atoms with E-state index in [-0.39, 0.29) is 11.5 Å². The molecule has 2 aromatic carbocycles. The maximum Gasteiger partial charge on any atom is 0.0734 e. The quantitative estimate of drug-likeness (QED) is 0.479. The molecular formula is C20H18BrClN2. The Morgan fingerprint density at radius 2 is 2.00 bits per heavy atom. The van der Waals surface area contributed by atoms with E-state index in [1.54, 1.807) is 0 Å². The van der Waals surface area contributed by atoms with Crippen molar-refractivity contribution in [2.45, 2.75) is 31.8 Å². The molecule has 0 fully saturated rings. The normalized spacial score (nSPS) is 23.5. The third-order valence-electron chi connectivity index (χ3n) is 5.94. The summed E-state index contributed by atoms with van der Waals surface area (Å²) in [6.07, 6.45) is 0. The second-order valence-electron chi connectivity index (χ2n) is 7.47. The highest BCUT2D eigenvalue weighted by Gasteiger charge is 2.48. The molecule has 3 aromatic rings. The predicted octanol–water partition coefficient (Wildman–Crippen LogP) is 6.13. The van der Waals surface area contributed by atoms with E-state index in [9.17, 15) is 0 Å². The fourth-order valence-corrected chi connectivity index (χ4v) is 5.39. The first-order chi connectivity index (χ1) is 11.5. The summed E-state index contributed by atoms with van der Waals surface area (Å²) >= 11 is 10.4. The van der Waals surface area contributed by atoms with Crippen molar-refractivity contribution in [1.29, 1.82) is 0 Å². The minimum atomic E-state index is 0.0927. The lowest BCUT2D eigenvalue weighted by molar-refractivity contribution is 0.274. The summed E-state index contributed by atoms with van der Waals surface area (Å²) in [7, 11) is 0. The second-order valence-corrected chi connectivity index (χ2v) is 8.76. The molecule has 2 nitrogen and oxygen atoms in total. The average Bonchev–Trinajstić information content (AvgIpc) is 3.05. The van der Waals surface area contributed by atoms with E-state index in [1.165, 1.54) is 22.5 Å². The second kappa shape index (κ2) is 4.80. The number of benzene rings is 2. The van der Waals surface area contributed by atoms with Crippen LogP contribution in [0.25, 0.3) is 10.9 Å². The summed E-state index contributed by atoms with van der Waals surface area (Å²) in [5.74, 6) is 0.489. The minimum absolute atomic E-state index is 0.0927. The van der Waals surface area contributed by atoms with Crippen molar-refractivity contribution in [1.82, 2.24) is 4.57 Å². The molecule has 1 aromatic heterocycles. The van der Waals surface area contributed by atoms with E-state index in [0.29, 0.717) is 5.92 Å². The van der Waals surface area contributed by atoms with Crippen LogP contribution < -0.4 is 5.32 Å². The molecule has 5 rings (SSSR count). The van der Waals surface area contributed by atoms with Gasteiger partial charge < -0.3 is 9.88 Å². The lowest BCUT2D eigenvalue weighted by atomic mass is 9.67. The van der Waals surface area contributed by atoms with Crippen LogP contribution in [0.5, 0.6) is 0 Å². The molecule has 0 saturated heterocycles. The molecule has 24 heavy (non-hydrogen) atoms. The Kier molecular flexibility index (Phi) is 2.97. The highest BCUT2D eigenvalue weighted by molar-refractivity contribution is 9.10. The summed E-state index contributed by atoms with van der Waals surface area (Å²) in [5.41, 5.74) is 5.18. The van der Waals surface area contributed by atoms with E-state index in [2.05, 4.69) is 82.1 Å². The van der Waals surface area contributed by atoms with E-state index in [4.69, 9.17) is 11.6 Å². The van der Waals surface area contributed by atoms with Crippen molar-refractivity contribution >= 4 is 44.1 Å². The monoisotopic (exact) mass is 400 g/mol. The average molecular weight is 402 g/mol. The fraction of sp³-hybridized carbons (Fsp3) is 0.300. The number of hydrogen-bond acceptors (Lipinski definition) is 1. The van der Waals surface area contributed by atoms with Crippen LogP contribution >= 0.6 is 27.5 Å². The van der Waals surface area contributed by atoms with Crippen LogP contribution in [0.2, 0.25) is 5.02 Å².